The molecule has 0 atom stereocenters. The highest BCUT2D eigenvalue weighted by atomic mass is 15.3. The second-order valence-electron chi connectivity index (χ2n) is 4.46. The third kappa shape index (κ3) is 5.35. The van der Waals surface area contributed by atoms with E-state index in [2.05, 4.69) is 34.6 Å². The molecule has 6 nitrogen and oxygen atoms in total. The highest BCUT2D eigenvalue weighted by Crippen LogP contribution is 2.12. The largest absolute Gasteiger partial charge is 0.370 e. The van der Waals surface area contributed by atoms with Gasteiger partial charge in [0.05, 0.1) is 0 Å². The fraction of sp³-hybridized carbons (Fsp3) is 0.636. The van der Waals surface area contributed by atoms with E-state index in [1.54, 1.807) is 6.07 Å². The zero-order chi connectivity index (χ0) is 12.7. The van der Waals surface area contributed by atoms with E-state index in [0.717, 1.165) is 18.9 Å². The molecule has 0 amide bonds. The van der Waals surface area contributed by atoms with E-state index in [4.69, 9.17) is 11.6 Å². The van der Waals surface area contributed by atoms with Gasteiger partial charge in [-0.3, -0.25) is 0 Å². The van der Waals surface area contributed by atoms with Gasteiger partial charge in [-0.15, -0.1) is 0 Å². The van der Waals surface area contributed by atoms with Crippen LogP contribution in [-0.4, -0.2) is 16.5 Å². The number of nitrogens with zero attached hydrogens (tertiary/aromatic N) is 2. The lowest BCUT2D eigenvalue weighted by Gasteiger charge is -2.08. The minimum Gasteiger partial charge on any atom is -0.370 e. The van der Waals surface area contributed by atoms with E-state index in [9.17, 15) is 0 Å². The van der Waals surface area contributed by atoms with Gasteiger partial charge in [-0.1, -0.05) is 26.7 Å². The molecule has 6 N–H and O–H groups in total. The van der Waals surface area contributed by atoms with Crippen LogP contribution in [0.2, 0.25) is 0 Å². The maximum Gasteiger partial charge on any atom is 0.223 e. The number of hydrogen-bond acceptors (Lipinski definition) is 6. The first-order valence-corrected chi connectivity index (χ1v) is 5.97. The monoisotopic (exact) mass is 238 g/mol. The van der Waals surface area contributed by atoms with E-state index < -0.39 is 0 Å². The Hall–Kier alpha value is -1.56. The number of nitrogen functional groups attached to an aromatic ring is 2. The molecule has 0 fully saturated rings. The Labute approximate surface area is 102 Å². The predicted octanol–water partition coefficient (Wildman–Crippen LogP) is 1.58. The molecule has 6 heteroatoms. The smallest absolute Gasteiger partial charge is 0.223 e. The molecular weight excluding hydrogens is 216 g/mol. The van der Waals surface area contributed by atoms with Gasteiger partial charge in [0, 0.05) is 12.6 Å². The second kappa shape index (κ2) is 6.90. The van der Waals surface area contributed by atoms with Gasteiger partial charge in [0.2, 0.25) is 5.95 Å². The summed E-state index contributed by atoms with van der Waals surface area (Å²) in [4.78, 5) is 7.99. The average molecular weight is 238 g/mol. The molecule has 96 valence electrons. The summed E-state index contributed by atoms with van der Waals surface area (Å²) in [5, 5.41) is 3.21. The summed E-state index contributed by atoms with van der Waals surface area (Å²) < 4.78 is 0. The second-order valence-corrected chi connectivity index (χ2v) is 4.46. The topological polar surface area (TPSA) is 102 Å². The van der Waals surface area contributed by atoms with E-state index in [1.165, 1.54) is 12.8 Å². The Bertz CT molecular complexity index is 339. The molecule has 0 unspecified atom stereocenters. The van der Waals surface area contributed by atoms with Crippen molar-refractivity contribution in [2.75, 3.05) is 23.0 Å². The molecule has 0 aromatic carbocycles. The van der Waals surface area contributed by atoms with Crippen molar-refractivity contribution in [1.29, 1.82) is 0 Å². The van der Waals surface area contributed by atoms with Gasteiger partial charge < -0.3 is 16.5 Å². The van der Waals surface area contributed by atoms with Crippen LogP contribution in [0.15, 0.2) is 6.07 Å². The highest BCUT2D eigenvalue weighted by Gasteiger charge is 2.00. The van der Waals surface area contributed by atoms with Gasteiger partial charge in [0.1, 0.15) is 11.6 Å². The van der Waals surface area contributed by atoms with Crippen molar-refractivity contribution in [1.82, 2.24) is 9.97 Å². The molecule has 0 aliphatic rings. The van der Waals surface area contributed by atoms with E-state index in [0.29, 0.717) is 11.6 Å². The van der Waals surface area contributed by atoms with Crippen LogP contribution in [0.4, 0.5) is 17.6 Å². The first-order chi connectivity index (χ1) is 8.11. The zero-order valence-electron chi connectivity index (χ0n) is 10.5. The minimum atomic E-state index is 0.213. The van der Waals surface area contributed by atoms with Crippen LogP contribution in [-0.2, 0) is 0 Å². The molecular formula is C11H22N6. The molecule has 1 aromatic rings. The van der Waals surface area contributed by atoms with Crippen LogP contribution in [0.3, 0.4) is 0 Å². The number of nitrogens with two attached hydrogens (primary N) is 2. The molecule has 0 saturated heterocycles. The lowest BCUT2D eigenvalue weighted by Crippen LogP contribution is -2.12. The number of nitrogens with one attached hydrogen (secondary N) is 2. The van der Waals surface area contributed by atoms with Crippen molar-refractivity contribution in [2.45, 2.75) is 33.1 Å². The van der Waals surface area contributed by atoms with Crippen LogP contribution in [0.25, 0.3) is 0 Å². The van der Waals surface area contributed by atoms with Crippen LogP contribution in [0.1, 0.15) is 33.1 Å². The number of aromatic nitrogens is 2. The normalized spacial score (nSPS) is 10.6. The van der Waals surface area contributed by atoms with Gasteiger partial charge in [0.25, 0.3) is 0 Å². The van der Waals surface area contributed by atoms with Crippen molar-refractivity contribution < 1.29 is 0 Å². The Morgan fingerprint density at radius 2 is 1.94 bits per heavy atom. The summed E-state index contributed by atoms with van der Waals surface area (Å²) >= 11 is 0. The molecule has 0 radical (unpaired) electrons. The third-order valence-electron chi connectivity index (χ3n) is 2.41. The Morgan fingerprint density at radius 1 is 1.24 bits per heavy atom. The number of rotatable bonds is 7. The van der Waals surface area contributed by atoms with E-state index in [1.807, 2.05) is 0 Å². The first-order valence-electron chi connectivity index (χ1n) is 5.97. The van der Waals surface area contributed by atoms with Gasteiger partial charge in [0.15, 0.2) is 0 Å². The molecule has 0 spiro atoms. The van der Waals surface area contributed by atoms with E-state index in [-0.39, 0.29) is 5.95 Å². The Balaban J connectivity index is 2.33. The summed E-state index contributed by atoms with van der Waals surface area (Å²) in [5.41, 5.74) is 8.00. The van der Waals surface area contributed by atoms with Crippen molar-refractivity contribution in [3.63, 3.8) is 0 Å². The van der Waals surface area contributed by atoms with Crippen molar-refractivity contribution >= 4 is 17.6 Å². The fourth-order valence-electron chi connectivity index (χ4n) is 1.52. The quantitative estimate of drug-likeness (QED) is 0.327. The predicted molar refractivity (Wildman–Crippen MR) is 71.4 cm³/mol. The van der Waals surface area contributed by atoms with Crippen LogP contribution < -0.4 is 22.3 Å². The molecule has 0 aliphatic heterocycles. The summed E-state index contributed by atoms with van der Waals surface area (Å²) in [6.45, 7) is 5.35. The summed E-state index contributed by atoms with van der Waals surface area (Å²) in [7, 11) is 0. The van der Waals surface area contributed by atoms with Gasteiger partial charge >= 0.3 is 0 Å². The van der Waals surface area contributed by atoms with E-state index >= 15 is 0 Å². The third-order valence-corrected chi connectivity index (χ3v) is 2.41. The van der Waals surface area contributed by atoms with Crippen LogP contribution in [0.5, 0.6) is 0 Å². The molecule has 1 rings (SSSR count). The molecule has 0 saturated carbocycles. The fourth-order valence-corrected chi connectivity index (χ4v) is 1.52. The maximum absolute atomic E-state index is 5.55. The molecule has 0 aliphatic carbocycles. The molecule has 1 aromatic heterocycles. The standard InChI is InChI=1S/C11H22N6/c1-8(2)5-3-4-6-14-9-7-10(17-13)16-11(12)15-9/h7-8H,3-6,13H2,1-2H3,(H4,12,14,15,16,17). The highest BCUT2D eigenvalue weighted by molar-refractivity contribution is 5.50. The summed E-state index contributed by atoms with van der Waals surface area (Å²) in [6.07, 6.45) is 3.59. The Kier molecular flexibility index (Phi) is 5.48. The zero-order valence-corrected chi connectivity index (χ0v) is 10.5. The SMILES string of the molecule is CC(C)CCCCNc1cc(NN)nc(N)n1. The first kappa shape index (κ1) is 13.5. The average Bonchev–Trinajstić information content (AvgIpc) is 2.27. The van der Waals surface area contributed by atoms with Crippen LogP contribution >= 0.6 is 0 Å². The molecule has 17 heavy (non-hydrogen) atoms. The lowest BCUT2D eigenvalue weighted by atomic mass is 10.1. The summed E-state index contributed by atoms with van der Waals surface area (Å²) in [5.74, 6) is 7.47. The number of unbranched alkanes of at least 4 members (excludes halogenated alkanes) is 1. The van der Waals surface area contributed by atoms with Gasteiger partial charge in [-0.05, 0) is 12.3 Å². The van der Waals surface area contributed by atoms with Gasteiger partial charge in [-0.25, -0.2) is 5.84 Å². The number of hydrazine groups is 1. The van der Waals surface area contributed by atoms with Crippen molar-refractivity contribution in [3.05, 3.63) is 6.07 Å². The minimum absolute atomic E-state index is 0.213. The number of anilines is 3. The van der Waals surface area contributed by atoms with Crippen molar-refractivity contribution in [3.8, 4) is 0 Å². The lowest BCUT2D eigenvalue weighted by molar-refractivity contribution is 0.544. The molecule has 0 bridgehead atoms. The summed E-state index contributed by atoms with van der Waals surface area (Å²) in [6, 6.07) is 1.73. The number of hydrogen-bond donors (Lipinski definition) is 4. The Morgan fingerprint density at radius 3 is 2.59 bits per heavy atom. The molecule has 1 heterocycles. The van der Waals surface area contributed by atoms with Crippen LogP contribution in [0, 0.1) is 5.92 Å². The van der Waals surface area contributed by atoms with Crippen molar-refractivity contribution in [2.24, 2.45) is 11.8 Å². The van der Waals surface area contributed by atoms with Gasteiger partial charge in [-0.2, -0.15) is 9.97 Å². The maximum atomic E-state index is 5.55.